The molecule has 1 aromatic carbocycles. The molecule has 126 valence electrons. The van der Waals surface area contributed by atoms with E-state index in [1.165, 1.54) is 5.56 Å². The molecular formula is C19H28N2O2. The lowest BCUT2D eigenvalue weighted by atomic mass is 9.81. The van der Waals surface area contributed by atoms with Gasteiger partial charge in [-0.05, 0) is 35.7 Å². The van der Waals surface area contributed by atoms with Crippen molar-refractivity contribution in [3.63, 3.8) is 0 Å². The van der Waals surface area contributed by atoms with Crippen LogP contribution in [0.2, 0.25) is 0 Å². The quantitative estimate of drug-likeness (QED) is 0.893. The fourth-order valence-electron chi connectivity index (χ4n) is 4.74. The van der Waals surface area contributed by atoms with Gasteiger partial charge in [0.05, 0.1) is 0 Å². The molecule has 1 aromatic rings. The highest BCUT2D eigenvalue weighted by Crippen LogP contribution is 2.46. The van der Waals surface area contributed by atoms with Gasteiger partial charge in [0.25, 0.3) is 0 Å². The van der Waals surface area contributed by atoms with Crippen molar-refractivity contribution in [3.8, 4) is 0 Å². The van der Waals surface area contributed by atoms with Crippen LogP contribution in [0.4, 0.5) is 4.79 Å². The van der Waals surface area contributed by atoms with Gasteiger partial charge in [-0.15, -0.1) is 0 Å². The van der Waals surface area contributed by atoms with Crippen LogP contribution >= 0.6 is 0 Å². The van der Waals surface area contributed by atoms with E-state index in [2.05, 4.69) is 61.3 Å². The summed E-state index contributed by atoms with van der Waals surface area (Å²) in [4.78, 5) is 13.6. The molecule has 4 heteroatoms. The molecule has 0 bridgehead atoms. The van der Waals surface area contributed by atoms with E-state index in [4.69, 9.17) is 5.11 Å². The normalized spacial score (nSPS) is 29.3. The van der Waals surface area contributed by atoms with Gasteiger partial charge in [-0.3, -0.25) is 4.90 Å². The molecule has 0 radical (unpaired) electrons. The SMILES string of the molecule is CC(C)(C)C(c1ccccc1)N1C[C@H]2CC[C@H](NC(=O)O)[C@H]2C1. The Balaban J connectivity index is 1.79. The van der Waals surface area contributed by atoms with Crippen LogP contribution in [0.1, 0.15) is 45.2 Å². The van der Waals surface area contributed by atoms with E-state index in [0.29, 0.717) is 17.9 Å². The van der Waals surface area contributed by atoms with Crippen molar-refractivity contribution in [2.75, 3.05) is 13.1 Å². The van der Waals surface area contributed by atoms with E-state index in [1.54, 1.807) is 0 Å². The zero-order valence-corrected chi connectivity index (χ0v) is 14.3. The number of carbonyl (C=O) groups is 1. The standard InChI is InChI=1S/C19H28N2O2/c1-19(2,3)17(13-7-5-4-6-8-13)21-11-14-9-10-16(15(14)12-21)20-18(22)23/h4-8,14-17,20H,9-12H2,1-3H3,(H,22,23)/t14-,15+,16+,17?/m1/s1. The predicted molar refractivity (Wildman–Crippen MR) is 91.4 cm³/mol. The molecule has 4 nitrogen and oxygen atoms in total. The highest BCUT2D eigenvalue weighted by Gasteiger charge is 2.46. The number of hydrogen-bond donors (Lipinski definition) is 2. The molecule has 23 heavy (non-hydrogen) atoms. The molecule has 2 N–H and O–H groups in total. The smallest absolute Gasteiger partial charge is 0.404 e. The van der Waals surface area contributed by atoms with Gasteiger partial charge in [0, 0.05) is 25.2 Å². The average molecular weight is 316 g/mol. The van der Waals surface area contributed by atoms with Gasteiger partial charge in [-0.25, -0.2) is 4.79 Å². The van der Waals surface area contributed by atoms with Gasteiger partial charge in [-0.2, -0.15) is 0 Å². The first-order chi connectivity index (χ1) is 10.9. The molecule has 2 fully saturated rings. The molecule has 1 heterocycles. The van der Waals surface area contributed by atoms with Crippen LogP contribution in [-0.4, -0.2) is 35.2 Å². The Kier molecular flexibility index (Phi) is 4.37. The predicted octanol–water partition coefficient (Wildman–Crippen LogP) is 3.75. The molecule has 1 saturated carbocycles. The zero-order valence-electron chi connectivity index (χ0n) is 14.3. The van der Waals surface area contributed by atoms with Gasteiger partial charge in [0.2, 0.25) is 0 Å². The van der Waals surface area contributed by atoms with E-state index < -0.39 is 6.09 Å². The van der Waals surface area contributed by atoms with Gasteiger partial charge in [0.1, 0.15) is 0 Å². The second-order valence-electron chi connectivity index (χ2n) is 8.19. The number of nitrogens with zero attached hydrogens (tertiary/aromatic N) is 1. The molecule has 0 aromatic heterocycles. The molecule has 0 spiro atoms. The topological polar surface area (TPSA) is 52.6 Å². The van der Waals surface area contributed by atoms with Crippen LogP contribution in [-0.2, 0) is 0 Å². The number of amides is 1. The maximum absolute atomic E-state index is 11.0. The molecule has 1 amide bonds. The number of likely N-dealkylation sites (tertiary alicyclic amines) is 1. The zero-order chi connectivity index (χ0) is 16.6. The maximum Gasteiger partial charge on any atom is 0.404 e. The van der Waals surface area contributed by atoms with Crippen LogP contribution in [0.15, 0.2) is 30.3 Å². The summed E-state index contributed by atoms with van der Waals surface area (Å²) in [5.41, 5.74) is 1.51. The first kappa shape index (κ1) is 16.3. The van der Waals surface area contributed by atoms with Crippen molar-refractivity contribution in [3.05, 3.63) is 35.9 Å². The Bertz CT molecular complexity index is 552. The average Bonchev–Trinajstić information content (AvgIpc) is 3.00. The van der Waals surface area contributed by atoms with Gasteiger partial charge < -0.3 is 10.4 Å². The Hall–Kier alpha value is -1.55. The van der Waals surface area contributed by atoms with Crippen molar-refractivity contribution in [2.45, 2.75) is 45.7 Å². The van der Waals surface area contributed by atoms with E-state index in [0.717, 1.165) is 25.9 Å². The summed E-state index contributed by atoms with van der Waals surface area (Å²) in [6.07, 6.45) is 1.24. The molecule has 1 unspecified atom stereocenters. The number of nitrogens with one attached hydrogen (secondary N) is 1. The summed E-state index contributed by atoms with van der Waals surface area (Å²) in [5, 5.41) is 11.8. The Morgan fingerprint density at radius 1 is 1.22 bits per heavy atom. The van der Waals surface area contributed by atoms with Crippen molar-refractivity contribution in [1.82, 2.24) is 10.2 Å². The van der Waals surface area contributed by atoms with Crippen molar-refractivity contribution < 1.29 is 9.90 Å². The fourth-order valence-corrected chi connectivity index (χ4v) is 4.74. The largest absolute Gasteiger partial charge is 0.465 e. The Morgan fingerprint density at radius 3 is 2.52 bits per heavy atom. The summed E-state index contributed by atoms with van der Waals surface area (Å²) >= 11 is 0. The van der Waals surface area contributed by atoms with Crippen LogP contribution in [0.5, 0.6) is 0 Å². The van der Waals surface area contributed by atoms with Crippen LogP contribution < -0.4 is 5.32 Å². The third kappa shape index (κ3) is 3.37. The minimum atomic E-state index is -0.885. The summed E-state index contributed by atoms with van der Waals surface area (Å²) < 4.78 is 0. The molecule has 1 aliphatic heterocycles. The highest BCUT2D eigenvalue weighted by molar-refractivity contribution is 5.65. The second kappa shape index (κ2) is 6.16. The minimum absolute atomic E-state index is 0.124. The first-order valence-electron chi connectivity index (χ1n) is 8.64. The lowest BCUT2D eigenvalue weighted by molar-refractivity contribution is 0.113. The van der Waals surface area contributed by atoms with Crippen molar-refractivity contribution >= 4 is 6.09 Å². The molecule has 4 atom stereocenters. The molecule has 3 rings (SSSR count). The Labute approximate surface area is 138 Å². The van der Waals surface area contributed by atoms with E-state index in [-0.39, 0.29) is 11.5 Å². The lowest BCUT2D eigenvalue weighted by Gasteiger charge is -2.39. The van der Waals surface area contributed by atoms with Gasteiger partial charge >= 0.3 is 6.09 Å². The van der Waals surface area contributed by atoms with Crippen LogP contribution in [0, 0.1) is 17.3 Å². The van der Waals surface area contributed by atoms with Gasteiger partial charge in [0.15, 0.2) is 0 Å². The van der Waals surface area contributed by atoms with Crippen LogP contribution in [0.25, 0.3) is 0 Å². The monoisotopic (exact) mass is 316 g/mol. The minimum Gasteiger partial charge on any atom is -0.465 e. The number of benzene rings is 1. The molecule has 2 aliphatic rings. The third-order valence-electron chi connectivity index (χ3n) is 5.49. The molecule has 1 aliphatic carbocycles. The van der Waals surface area contributed by atoms with E-state index >= 15 is 0 Å². The molecule has 1 saturated heterocycles. The number of carboxylic acid groups (broad SMARTS) is 1. The second-order valence-corrected chi connectivity index (χ2v) is 8.19. The number of fused-ring (bicyclic) bond motifs is 1. The number of rotatable bonds is 3. The van der Waals surface area contributed by atoms with Crippen LogP contribution in [0.3, 0.4) is 0 Å². The maximum atomic E-state index is 11.0. The number of hydrogen-bond acceptors (Lipinski definition) is 2. The van der Waals surface area contributed by atoms with Crippen molar-refractivity contribution in [1.29, 1.82) is 0 Å². The lowest BCUT2D eigenvalue weighted by Crippen LogP contribution is -2.40. The molecular weight excluding hydrogens is 288 g/mol. The third-order valence-corrected chi connectivity index (χ3v) is 5.49. The highest BCUT2D eigenvalue weighted by atomic mass is 16.4. The van der Waals surface area contributed by atoms with E-state index in [9.17, 15) is 4.79 Å². The summed E-state index contributed by atoms with van der Waals surface area (Å²) in [6.45, 7) is 8.97. The Morgan fingerprint density at radius 2 is 1.91 bits per heavy atom. The van der Waals surface area contributed by atoms with Gasteiger partial charge in [-0.1, -0.05) is 51.1 Å². The summed E-state index contributed by atoms with van der Waals surface area (Å²) in [6, 6.07) is 11.2. The fraction of sp³-hybridized carbons (Fsp3) is 0.632. The van der Waals surface area contributed by atoms with Crippen molar-refractivity contribution in [2.24, 2.45) is 17.3 Å². The summed E-state index contributed by atoms with van der Waals surface area (Å²) in [5.74, 6) is 1.08. The summed E-state index contributed by atoms with van der Waals surface area (Å²) in [7, 11) is 0. The first-order valence-corrected chi connectivity index (χ1v) is 8.64. The van der Waals surface area contributed by atoms with E-state index in [1.807, 2.05) is 0 Å².